The number of amides is 1. The summed E-state index contributed by atoms with van der Waals surface area (Å²) in [5, 5.41) is 2.65. The Morgan fingerprint density at radius 2 is 1.64 bits per heavy atom. The van der Waals surface area contributed by atoms with Crippen molar-refractivity contribution in [3.8, 4) is 22.6 Å². The van der Waals surface area contributed by atoms with Gasteiger partial charge in [-0.25, -0.2) is 9.59 Å². The molecule has 0 saturated heterocycles. The van der Waals surface area contributed by atoms with Gasteiger partial charge in [0, 0.05) is 12.3 Å². The number of hydrogen-bond donors (Lipinski definition) is 1. The molecule has 1 heterocycles. The van der Waals surface area contributed by atoms with Gasteiger partial charge in [-0.15, -0.1) is 0 Å². The zero-order chi connectivity index (χ0) is 22.8. The average molecular weight is 445 g/mol. The minimum absolute atomic E-state index is 0.0615. The van der Waals surface area contributed by atoms with E-state index in [-0.39, 0.29) is 25.7 Å². The van der Waals surface area contributed by atoms with Crippen LogP contribution in [-0.4, -0.2) is 38.6 Å². The van der Waals surface area contributed by atoms with E-state index in [4.69, 9.17) is 18.9 Å². The first-order chi connectivity index (χ1) is 16.1. The average Bonchev–Trinajstić information content (AvgIpc) is 3.44. The van der Waals surface area contributed by atoms with Crippen molar-refractivity contribution in [2.24, 2.45) is 0 Å². The van der Waals surface area contributed by atoms with Crippen molar-refractivity contribution in [3.63, 3.8) is 0 Å². The van der Waals surface area contributed by atoms with Gasteiger partial charge in [0.25, 0.3) is 0 Å². The normalized spacial score (nSPS) is 14.2. The first-order valence-corrected chi connectivity index (χ1v) is 10.7. The molecule has 2 aliphatic rings. The van der Waals surface area contributed by atoms with Crippen LogP contribution in [0, 0.1) is 0 Å². The van der Waals surface area contributed by atoms with Gasteiger partial charge in [0.2, 0.25) is 6.79 Å². The molecule has 1 amide bonds. The molecule has 33 heavy (non-hydrogen) atoms. The van der Waals surface area contributed by atoms with Crippen LogP contribution >= 0.6 is 0 Å². The van der Waals surface area contributed by atoms with Crippen LogP contribution in [-0.2, 0) is 20.7 Å². The second kappa shape index (κ2) is 8.86. The molecule has 0 radical (unpaired) electrons. The predicted octanol–water partition coefficient (Wildman–Crippen LogP) is 4.04. The van der Waals surface area contributed by atoms with Gasteiger partial charge in [0.15, 0.2) is 11.5 Å². The van der Waals surface area contributed by atoms with Crippen LogP contribution in [0.5, 0.6) is 11.5 Å². The summed E-state index contributed by atoms with van der Waals surface area (Å²) in [5.41, 5.74) is 5.34. The van der Waals surface area contributed by atoms with E-state index in [9.17, 15) is 9.59 Å². The first-order valence-electron chi connectivity index (χ1n) is 10.7. The highest BCUT2D eigenvalue weighted by Gasteiger charge is 2.30. The van der Waals surface area contributed by atoms with Gasteiger partial charge in [0.1, 0.15) is 12.6 Å². The van der Waals surface area contributed by atoms with E-state index in [1.807, 2.05) is 30.3 Å². The molecule has 0 spiro atoms. The number of carbonyl (C=O) groups excluding carboxylic acids is 2. The van der Waals surface area contributed by atoms with E-state index in [1.165, 1.54) is 7.11 Å². The lowest BCUT2D eigenvalue weighted by molar-refractivity contribution is -0.143. The third-order valence-corrected chi connectivity index (χ3v) is 6.00. The van der Waals surface area contributed by atoms with Crippen LogP contribution in [0.1, 0.15) is 22.6 Å². The zero-order valence-electron chi connectivity index (χ0n) is 18.1. The summed E-state index contributed by atoms with van der Waals surface area (Å²) < 4.78 is 21.2. The fourth-order valence-electron chi connectivity index (χ4n) is 4.42. The molecule has 0 fully saturated rings. The van der Waals surface area contributed by atoms with Crippen LogP contribution < -0.4 is 14.8 Å². The van der Waals surface area contributed by atoms with Gasteiger partial charge < -0.3 is 24.3 Å². The van der Waals surface area contributed by atoms with E-state index in [0.717, 1.165) is 27.8 Å². The minimum atomic E-state index is -0.897. The highest BCUT2D eigenvalue weighted by Crippen LogP contribution is 2.44. The number of hydrogen-bond acceptors (Lipinski definition) is 6. The van der Waals surface area contributed by atoms with Crippen molar-refractivity contribution in [2.75, 3.05) is 20.5 Å². The van der Waals surface area contributed by atoms with E-state index in [2.05, 4.69) is 29.6 Å². The quantitative estimate of drug-likeness (QED) is 0.577. The first kappa shape index (κ1) is 20.9. The number of ether oxygens (including phenoxy) is 4. The summed E-state index contributed by atoms with van der Waals surface area (Å²) in [7, 11) is 1.29. The molecule has 7 heteroatoms. The zero-order valence-corrected chi connectivity index (χ0v) is 18.1. The van der Waals surface area contributed by atoms with E-state index < -0.39 is 18.1 Å². The number of nitrogens with one attached hydrogen (secondary N) is 1. The molecule has 0 aromatic heterocycles. The monoisotopic (exact) mass is 445 g/mol. The van der Waals surface area contributed by atoms with Gasteiger partial charge in [-0.05, 0) is 39.9 Å². The lowest BCUT2D eigenvalue weighted by Crippen LogP contribution is -2.43. The van der Waals surface area contributed by atoms with Crippen molar-refractivity contribution in [2.45, 2.75) is 18.4 Å². The standard InChI is InChI=1S/C26H23NO6/c1-30-25(28)22(12-16-10-11-23-24(13-16)33-15-32-23)27-26(29)31-14-21-19-8-4-2-6-17(19)18-7-3-5-9-20(18)21/h2-11,13,21-22H,12,14-15H2,1H3,(H,27,29). The van der Waals surface area contributed by atoms with E-state index in [0.29, 0.717) is 11.5 Å². The largest absolute Gasteiger partial charge is 0.467 e. The van der Waals surface area contributed by atoms with Gasteiger partial charge in [-0.1, -0.05) is 54.6 Å². The summed E-state index contributed by atoms with van der Waals surface area (Å²) in [6, 6.07) is 20.7. The number of benzene rings is 3. The molecule has 7 nitrogen and oxygen atoms in total. The van der Waals surface area contributed by atoms with Crippen LogP contribution in [0.3, 0.4) is 0 Å². The number of methoxy groups -OCH3 is 1. The second-order valence-corrected chi connectivity index (χ2v) is 7.94. The Labute approximate surface area is 191 Å². The molecule has 1 atom stereocenters. The molecule has 5 rings (SSSR count). The maximum absolute atomic E-state index is 12.6. The van der Waals surface area contributed by atoms with Gasteiger partial charge in [-0.3, -0.25) is 0 Å². The molecule has 3 aromatic carbocycles. The van der Waals surface area contributed by atoms with Crippen molar-refractivity contribution in [1.29, 1.82) is 0 Å². The highest BCUT2D eigenvalue weighted by atomic mass is 16.7. The van der Waals surface area contributed by atoms with Crippen LogP contribution in [0.15, 0.2) is 66.7 Å². The highest BCUT2D eigenvalue weighted by molar-refractivity contribution is 5.82. The Hall–Kier alpha value is -4.00. The van der Waals surface area contributed by atoms with Crippen molar-refractivity contribution in [3.05, 3.63) is 83.4 Å². The van der Waals surface area contributed by atoms with Gasteiger partial charge >= 0.3 is 12.1 Å². The molecule has 168 valence electrons. The summed E-state index contributed by atoms with van der Waals surface area (Å²) in [6.45, 7) is 0.328. The number of alkyl carbamates (subject to hydrolysis) is 1. The molecule has 1 aliphatic carbocycles. The summed E-state index contributed by atoms with van der Waals surface area (Å²) in [5.74, 6) is 0.643. The Bertz CT molecular complexity index is 1160. The maximum Gasteiger partial charge on any atom is 0.407 e. The smallest absolute Gasteiger partial charge is 0.407 e. The van der Waals surface area contributed by atoms with E-state index >= 15 is 0 Å². The summed E-state index contributed by atoms with van der Waals surface area (Å²) in [6.07, 6.45) is -0.443. The molecule has 1 unspecified atom stereocenters. The minimum Gasteiger partial charge on any atom is -0.467 e. The number of rotatable bonds is 6. The number of carbonyl (C=O) groups is 2. The Balaban J connectivity index is 1.27. The molecule has 1 N–H and O–H groups in total. The fourth-order valence-corrected chi connectivity index (χ4v) is 4.42. The Morgan fingerprint density at radius 3 is 2.33 bits per heavy atom. The van der Waals surface area contributed by atoms with E-state index in [1.54, 1.807) is 12.1 Å². The molecular formula is C26H23NO6. The fraction of sp³-hybridized carbons (Fsp3) is 0.231. The number of fused-ring (bicyclic) bond motifs is 4. The second-order valence-electron chi connectivity index (χ2n) is 7.94. The third kappa shape index (κ3) is 4.09. The van der Waals surface area contributed by atoms with Crippen molar-refractivity contribution < 1.29 is 28.5 Å². The molecule has 0 saturated carbocycles. The molecule has 0 bridgehead atoms. The lowest BCUT2D eigenvalue weighted by Gasteiger charge is -2.18. The van der Waals surface area contributed by atoms with Crippen LogP contribution in [0.25, 0.3) is 11.1 Å². The Morgan fingerprint density at radius 1 is 0.970 bits per heavy atom. The predicted molar refractivity (Wildman–Crippen MR) is 120 cm³/mol. The topological polar surface area (TPSA) is 83.1 Å². The van der Waals surface area contributed by atoms with Gasteiger partial charge in [0.05, 0.1) is 7.11 Å². The van der Waals surface area contributed by atoms with Crippen LogP contribution in [0.4, 0.5) is 4.79 Å². The van der Waals surface area contributed by atoms with Crippen molar-refractivity contribution in [1.82, 2.24) is 5.32 Å². The van der Waals surface area contributed by atoms with Crippen LogP contribution in [0.2, 0.25) is 0 Å². The van der Waals surface area contributed by atoms with Gasteiger partial charge in [-0.2, -0.15) is 0 Å². The third-order valence-electron chi connectivity index (χ3n) is 6.00. The SMILES string of the molecule is COC(=O)C(Cc1ccc2c(c1)OCO2)NC(=O)OCC1c2ccccc2-c2ccccc21. The summed E-state index contributed by atoms with van der Waals surface area (Å²) in [4.78, 5) is 25.0. The molecule has 3 aromatic rings. The molecular weight excluding hydrogens is 422 g/mol. The Kier molecular flexibility index (Phi) is 5.60. The summed E-state index contributed by atoms with van der Waals surface area (Å²) >= 11 is 0. The lowest BCUT2D eigenvalue weighted by atomic mass is 9.98. The van der Waals surface area contributed by atoms with Crippen molar-refractivity contribution >= 4 is 12.1 Å². The number of esters is 1. The molecule has 1 aliphatic heterocycles. The maximum atomic E-state index is 12.6.